The third kappa shape index (κ3) is 5.25. The number of fused-ring (bicyclic) bond motifs is 1. The van der Waals surface area contributed by atoms with Crippen LogP contribution in [0, 0.1) is 5.82 Å². The fourth-order valence-electron chi connectivity index (χ4n) is 3.06. The molecule has 2 aromatic heterocycles. The minimum absolute atomic E-state index is 0.0479. The molecule has 0 N–H and O–H groups in total. The van der Waals surface area contributed by atoms with Crippen LogP contribution in [0.5, 0.6) is 0 Å². The second kappa shape index (κ2) is 10.0. The standard InChI is InChI=1S/C21H24FN3O2S2/c1-3-10-24(11-4-2)18(26)14-29-21-23-17-9-12-28-19(17)20(27)25(21)13-15-5-7-16(22)8-6-15/h5-9,12H,3-4,10-11,13-14H2,1-2H3. The molecule has 1 amide bonds. The first kappa shape index (κ1) is 21.5. The van der Waals surface area contributed by atoms with Crippen molar-refractivity contribution >= 4 is 39.2 Å². The molecule has 0 saturated heterocycles. The summed E-state index contributed by atoms with van der Waals surface area (Å²) < 4.78 is 15.4. The zero-order valence-corrected chi connectivity index (χ0v) is 18.2. The molecule has 0 radical (unpaired) electrons. The van der Waals surface area contributed by atoms with Crippen molar-refractivity contribution < 1.29 is 9.18 Å². The van der Waals surface area contributed by atoms with E-state index in [0.29, 0.717) is 15.4 Å². The smallest absolute Gasteiger partial charge is 0.272 e. The van der Waals surface area contributed by atoms with Gasteiger partial charge in [0.15, 0.2) is 5.16 Å². The van der Waals surface area contributed by atoms with Crippen molar-refractivity contribution in [3.8, 4) is 0 Å². The van der Waals surface area contributed by atoms with Gasteiger partial charge >= 0.3 is 0 Å². The Morgan fingerprint density at radius 2 is 1.86 bits per heavy atom. The summed E-state index contributed by atoms with van der Waals surface area (Å²) in [7, 11) is 0. The zero-order chi connectivity index (χ0) is 20.8. The van der Waals surface area contributed by atoms with Gasteiger partial charge in [-0.05, 0) is 42.0 Å². The largest absolute Gasteiger partial charge is 0.342 e. The summed E-state index contributed by atoms with van der Waals surface area (Å²) in [4.78, 5) is 32.2. The number of benzene rings is 1. The number of amides is 1. The van der Waals surface area contributed by atoms with Crippen LogP contribution in [0.1, 0.15) is 32.3 Å². The topological polar surface area (TPSA) is 55.2 Å². The van der Waals surface area contributed by atoms with Crippen LogP contribution in [-0.4, -0.2) is 39.2 Å². The number of hydrogen-bond donors (Lipinski definition) is 0. The molecule has 0 unspecified atom stereocenters. The predicted molar refractivity (Wildman–Crippen MR) is 117 cm³/mol. The Kier molecular flexibility index (Phi) is 7.44. The van der Waals surface area contributed by atoms with Crippen LogP contribution < -0.4 is 5.56 Å². The van der Waals surface area contributed by atoms with Crippen LogP contribution in [0.3, 0.4) is 0 Å². The van der Waals surface area contributed by atoms with Crippen molar-refractivity contribution in [1.82, 2.24) is 14.5 Å². The Morgan fingerprint density at radius 1 is 1.17 bits per heavy atom. The van der Waals surface area contributed by atoms with Gasteiger partial charge < -0.3 is 4.90 Å². The average molecular weight is 434 g/mol. The van der Waals surface area contributed by atoms with Crippen molar-refractivity contribution in [3.63, 3.8) is 0 Å². The van der Waals surface area contributed by atoms with Crippen molar-refractivity contribution in [1.29, 1.82) is 0 Å². The van der Waals surface area contributed by atoms with Gasteiger partial charge in [0.25, 0.3) is 5.56 Å². The second-order valence-electron chi connectivity index (χ2n) is 6.72. The van der Waals surface area contributed by atoms with Gasteiger partial charge in [-0.3, -0.25) is 14.2 Å². The molecule has 3 aromatic rings. The predicted octanol–water partition coefficient (Wildman–Crippen LogP) is 4.39. The van der Waals surface area contributed by atoms with E-state index in [9.17, 15) is 14.0 Å². The van der Waals surface area contributed by atoms with E-state index in [1.807, 2.05) is 16.3 Å². The summed E-state index contributed by atoms with van der Waals surface area (Å²) in [5.41, 5.74) is 1.31. The van der Waals surface area contributed by atoms with Gasteiger partial charge in [-0.15, -0.1) is 11.3 Å². The highest BCUT2D eigenvalue weighted by molar-refractivity contribution is 7.99. The number of hydrogen-bond acceptors (Lipinski definition) is 5. The zero-order valence-electron chi connectivity index (χ0n) is 16.6. The van der Waals surface area contributed by atoms with Gasteiger partial charge in [0.1, 0.15) is 10.5 Å². The SMILES string of the molecule is CCCN(CCC)C(=O)CSc1nc2ccsc2c(=O)n1Cc1ccc(F)cc1. The van der Waals surface area contributed by atoms with Crippen LogP contribution in [0.25, 0.3) is 10.2 Å². The van der Waals surface area contributed by atoms with Crippen LogP contribution in [0.4, 0.5) is 4.39 Å². The van der Waals surface area contributed by atoms with Gasteiger partial charge in [-0.1, -0.05) is 37.7 Å². The first-order valence-corrected chi connectivity index (χ1v) is 11.5. The molecule has 1 aromatic carbocycles. The minimum atomic E-state index is -0.319. The molecule has 0 atom stereocenters. The molecule has 0 bridgehead atoms. The Balaban J connectivity index is 1.88. The van der Waals surface area contributed by atoms with E-state index < -0.39 is 0 Å². The maximum atomic E-state index is 13.2. The lowest BCUT2D eigenvalue weighted by Gasteiger charge is -2.21. The lowest BCUT2D eigenvalue weighted by Crippen LogP contribution is -2.34. The van der Waals surface area contributed by atoms with Crippen molar-refractivity contribution in [3.05, 3.63) is 57.4 Å². The molecule has 0 saturated carbocycles. The summed E-state index contributed by atoms with van der Waals surface area (Å²) >= 11 is 2.63. The molecule has 3 rings (SSSR count). The van der Waals surface area contributed by atoms with Crippen molar-refractivity contribution in [2.24, 2.45) is 0 Å². The Morgan fingerprint density at radius 3 is 2.52 bits per heavy atom. The van der Waals surface area contributed by atoms with E-state index in [4.69, 9.17) is 0 Å². The van der Waals surface area contributed by atoms with Gasteiger partial charge in [0.05, 0.1) is 17.8 Å². The van der Waals surface area contributed by atoms with E-state index in [1.165, 1.54) is 35.2 Å². The van der Waals surface area contributed by atoms with E-state index in [0.717, 1.165) is 31.5 Å². The van der Waals surface area contributed by atoms with Gasteiger partial charge in [0, 0.05) is 13.1 Å². The lowest BCUT2D eigenvalue weighted by atomic mass is 10.2. The van der Waals surface area contributed by atoms with E-state index >= 15 is 0 Å². The summed E-state index contributed by atoms with van der Waals surface area (Å²) in [5.74, 6) is -0.0438. The summed E-state index contributed by atoms with van der Waals surface area (Å²) in [6.45, 7) is 5.84. The number of thioether (sulfide) groups is 1. The number of carbonyl (C=O) groups excluding carboxylic acids is 1. The van der Waals surface area contributed by atoms with Gasteiger partial charge in [0.2, 0.25) is 5.91 Å². The number of carbonyl (C=O) groups is 1. The molecule has 5 nitrogen and oxygen atoms in total. The molecule has 8 heteroatoms. The van der Waals surface area contributed by atoms with E-state index in [-0.39, 0.29) is 29.6 Å². The number of thiophene rings is 1. The monoisotopic (exact) mass is 433 g/mol. The second-order valence-corrected chi connectivity index (χ2v) is 8.58. The molecular weight excluding hydrogens is 409 g/mol. The molecule has 0 aliphatic rings. The first-order valence-electron chi connectivity index (χ1n) is 9.66. The Bertz CT molecular complexity index is 1020. The van der Waals surface area contributed by atoms with Crippen molar-refractivity contribution in [2.75, 3.05) is 18.8 Å². The molecule has 29 heavy (non-hydrogen) atoms. The highest BCUT2D eigenvalue weighted by atomic mass is 32.2. The highest BCUT2D eigenvalue weighted by Gasteiger charge is 2.17. The number of rotatable bonds is 9. The third-order valence-corrected chi connectivity index (χ3v) is 6.30. The average Bonchev–Trinajstić information content (AvgIpc) is 3.18. The van der Waals surface area contributed by atoms with Crippen LogP contribution in [0.2, 0.25) is 0 Å². The third-order valence-electron chi connectivity index (χ3n) is 4.45. The van der Waals surface area contributed by atoms with Crippen LogP contribution in [-0.2, 0) is 11.3 Å². The minimum Gasteiger partial charge on any atom is -0.342 e. The summed E-state index contributed by atoms with van der Waals surface area (Å²) in [5, 5.41) is 2.34. The fourth-order valence-corrected chi connectivity index (χ4v) is 4.74. The molecule has 0 spiro atoms. The lowest BCUT2D eigenvalue weighted by molar-refractivity contribution is -0.128. The number of nitrogens with zero attached hydrogens (tertiary/aromatic N) is 3. The van der Waals surface area contributed by atoms with Gasteiger partial charge in [-0.2, -0.15) is 0 Å². The first-order chi connectivity index (χ1) is 14.0. The number of aromatic nitrogens is 2. The van der Waals surface area contributed by atoms with Gasteiger partial charge in [-0.25, -0.2) is 9.37 Å². The maximum absolute atomic E-state index is 13.2. The summed E-state index contributed by atoms with van der Waals surface area (Å²) in [6, 6.07) is 7.88. The van der Waals surface area contributed by atoms with Crippen molar-refractivity contribution in [2.45, 2.75) is 38.4 Å². The van der Waals surface area contributed by atoms with Crippen LogP contribution >= 0.6 is 23.1 Å². The number of halogens is 1. The highest BCUT2D eigenvalue weighted by Crippen LogP contribution is 2.22. The van der Waals surface area contributed by atoms with E-state index in [1.54, 1.807) is 16.7 Å². The maximum Gasteiger partial charge on any atom is 0.272 e. The Hall–Kier alpha value is -2.19. The molecule has 154 valence electrons. The molecule has 0 fully saturated rings. The molecule has 2 heterocycles. The quantitative estimate of drug-likeness (QED) is 0.371. The molecule has 0 aliphatic heterocycles. The Labute approximate surface area is 177 Å². The molecule has 0 aliphatic carbocycles. The van der Waals surface area contributed by atoms with E-state index in [2.05, 4.69) is 18.8 Å². The van der Waals surface area contributed by atoms with Crippen LogP contribution in [0.15, 0.2) is 45.7 Å². The summed E-state index contributed by atoms with van der Waals surface area (Å²) in [6.07, 6.45) is 1.82. The fraction of sp³-hybridized carbons (Fsp3) is 0.381. The molecular formula is C21H24FN3O2S2. The normalized spacial score (nSPS) is 11.1.